The van der Waals surface area contributed by atoms with Gasteiger partial charge in [-0.2, -0.15) is 0 Å². The minimum atomic E-state index is -0.428. The van der Waals surface area contributed by atoms with Crippen molar-refractivity contribution in [1.29, 1.82) is 0 Å². The van der Waals surface area contributed by atoms with Crippen LogP contribution >= 0.6 is 0 Å². The SMILES string of the molecule is C=C(C)CCOc1ccc([C@H](C)O)cc1C. The van der Waals surface area contributed by atoms with Gasteiger partial charge in [0.05, 0.1) is 12.7 Å². The van der Waals surface area contributed by atoms with E-state index in [1.807, 2.05) is 32.0 Å². The van der Waals surface area contributed by atoms with Crippen LogP contribution in [0.5, 0.6) is 5.75 Å². The van der Waals surface area contributed by atoms with Crippen LogP contribution in [0.25, 0.3) is 0 Å². The molecule has 0 fully saturated rings. The zero-order valence-corrected chi connectivity index (χ0v) is 10.3. The number of benzene rings is 1. The third-order valence-electron chi connectivity index (χ3n) is 2.47. The van der Waals surface area contributed by atoms with Crippen LogP contribution in [-0.2, 0) is 0 Å². The van der Waals surface area contributed by atoms with E-state index in [2.05, 4.69) is 6.58 Å². The Bertz CT molecular complexity index is 367. The highest BCUT2D eigenvalue weighted by Crippen LogP contribution is 2.22. The van der Waals surface area contributed by atoms with E-state index in [1.54, 1.807) is 6.92 Å². The molecule has 88 valence electrons. The summed E-state index contributed by atoms with van der Waals surface area (Å²) in [6, 6.07) is 5.77. The molecule has 0 heterocycles. The van der Waals surface area contributed by atoms with Gasteiger partial charge in [-0.25, -0.2) is 0 Å². The lowest BCUT2D eigenvalue weighted by atomic mass is 10.1. The summed E-state index contributed by atoms with van der Waals surface area (Å²) in [6.07, 6.45) is 0.445. The number of rotatable bonds is 5. The number of hydrogen-bond donors (Lipinski definition) is 1. The Morgan fingerprint density at radius 2 is 2.19 bits per heavy atom. The summed E-state index contributed by atoms with van der Waals surface area (Å²) in [6.45, 7) is 10.2. The van der Waals surface area contributed by atoms with Crippen LogP contribution in [0, 0.1) is 6.92 Å². The van der Waals surface area contributed by atoms with E-state index in [1.165, 1.54) is 0 Å². The maximum Gasteiger partial charge on any atom is 0.122 e. The van der Waals surface area contributed by atoms with E-state index in [4.69, 9.17) is 4.74 Å². The van der Waals surface area contributed by atoms with E-state index in [0.29, 0.717) is 6.61 Å². The van der Waals surface area contributed by atoms with Crippen molar-refractivity contribution in [3.05, 3.63) is 41.5 Å². The number of hydrogen-bond acceptors (Lipinski definition) is 2. The summed E-state index contributed by atoms with van der Waals surface area (Å²) in [5, 5.41) is 9.44. The zero-order chi connectivity index (χ0) is 12.1. The number of ether oxygens (including phenoxy) is 1. The van der Waals surface area contributed by atoms with E-state index in [-0.39, 0.29) is 0 Å². The Morgan fingerprint density at radius 1 is 1.50 bits per heavy atom. The minimum absolute atomic E-state index is 0.428. The summed E-state index contributed by atoms with van der Waals surface area (Å²) >= 11 is 0. The molecule has 0 radical (unpaired) electrons. The lowest BCUT2D eigenvalue weighted by molar-refractivity contribution is 0.199. The van der Waals surface area contributed by atoms with Gasteiger partial charge >= 0.3 is 0 Å². The number of aliphatic hydroxyl groups excluding tert-OH is 1. The van der Waals surface area contributed by atoms with Crippen LogP contribution in [0.4, 0.5) is 0 Å². The molecule has 0 aliphatic carbocycles. The van der Waals surface area contributed by atoms with Crippen molar-refractivity contribution in [2.24, 2.45) is 0 Å². The van der Waals surface area contributed by atoms with Crippen molar-refractivity contribution in [2.75, 3.05) is 6.61 Å². The van der Waals surface area contributed by atoms with Crippen LogP contribution < -0.4 is 4.74 Å². The standard InChI is InChI=1S/C14H20O2/c1-10(2)7-8-16-14-6-5-13(12(4)15)9-11(14)3/h5-6,9,12,15H,1,7-8H2,2-4H3/t12-/m0/s1. The molecule has 2 heteroatoms. The molecule has 1 aromatic carbocycles. The molecule has 0 aliphatic rings. The normalized spacial score (nSPS) is 12.2. The van der Waals surface area contributed by atoms with Crippen molar-refractivity contribution >= 4 is 0 Å². The summed E-state index contributed by atoms with van der Waals surface area (Å²) in [4.78, 5) is 0. The van der Waals surface area contributed by atoms with Crippen molar-refractivity contribution in [3.63, 3.8) is 0 Å². The molecule has 2 nitrogen and oxygen atoms in total. The highest BCUT2D eigenvalue weighted by atomic mass is 16.5. The van der Waals surface area contributed by atoms with Crippen LogP contribution in [0.3, 0.4) is 0 Å². The van der Waals surface area contributed by atoms with Crippen molar-refractivity contribution < 1.29 is 9.84 Å². The Morgan fingerprint density at radius 3 is 2.69 bits per heavy atom. The van der Waals surface area contributed by atoms with Crippen LogP contribution in [0.1, 0.15) is 37.5 Å². The van der Waals surface area contributed by atoms with Gasteiger partial charge in [0.15, 0.2) is 0 Å². The van der Waals surface area contributed by atoms with Crippen LogP contribution in [-0.4, -0.2) is 11.7 Å². The molecule has 0 unspecified atom stereocenters. The highest BCUT2D eigenvalue weighted by molar-refractivity contribution is 5.36. The van der Waals surface area contributed by atoms with Gasteiger partial charge < -0.3 is 9.84 Å². The smallest absolute Gasteiger partial charge is 0.122 e. The monoisotopic (exact) mass is 220 g/mol. The Labute approximate surface area is 97.6 Å². The van der Waals surface area contributed by atoms with Crippen molar-refractivity contribution in [1.82, 2.24) is 0 Å². The van der Waals surface area contributed by atoms with Gasteiger partial charge in [-0.05, 0) is 44.0 Å². The van der Waals surface area contributed by atoms with Crippen LogP contribution in [0.2, 0.25) is 0 Å². The summed E-state index contributed by atoms with van der Waals surface area (Å²) in [7, 11) is 0. The van der Waals surface area contributed by atoms with Gasteiger partial charge in [0.25, 0.3) is 0 Å². The second kappa shape index (κ2) is 5.71. The third kappa shape index (κ3) is 3.70. The first-order chi connectivity index (χ1) is 7.50. The number of aryl methyl sites for hydroxylation is 1. The Kier molecular flexibility index (Phi) is 4.56. The van der Waals surface area contributed by atoms with Crippen LogP contribution in [0.15, 0.2) is 30.4 Å². The molecule has 0 aromatic heterocycles. The van der Waals surface area contributed by atoms with E-state index < -0.39 is 6.10 Å². The molecule has 0 aliphatic heterocycles. The lowest BCUT2D eigenvalue weighted by Gasteiger charge is -2.11. The van der Waals surface area contributed by atoms with Crippen molar-refractivity contribution in [2.45, 2.75) is 33.3 Å². The van der Waals surface area contributed by atoms with E-state index in [9.17, 15) is 5.11 Å². The molecular formula is C14H20O2. The molecule has 1 aromatic rings. The van der Waals surface area contributed by atoms with Gasteiger partial charge in [-0.3, -0.25) is 0 Å². The molecule has 1 rings (SSSR count). The molecule has 0 amide bonds. The maximum absolute atomic E-state index is 9.44. The fourth-order valence-corrected chi connectivity index (χ4v) is 1.43. The Balaban J connectivity index is 2.64. The second-order valence-corrected chi connectivity index (χ2v) is 4.26. The first-order valence-corrected chi connectivity index (χ1v) is 5.56. The molecule has 1 N–H and O–H groups in total. The zero-order valence-electron chi connectivity index (χ0n) is 10.3. The minimum Gasteiger partial charge on any atom is -0.493 e. The third-order valence-corrected chi connectivity index (χ3v) is 2.47. The van der Waals surface area contributed by atoms with Gasteiger partial charge in [0, 0.05) is 6.42 Å². The first kappa shape index (κ1) is 12.8. The topological polar surface area (TPSA) is 29.5 Å². The summed E-state index contributed by atoms with van der Waals surface area (Å²) < 4.78 is 5.64. The first-order valence-electron chi connectivity index (χ1n) is 5.56. The number of aliphatic hydroxyl groups is 1. The lowest BCUT2D eigenvalue weighted by Crippen LogP contribution is -2.00. The van der Waals surface area contributed by atoms with E-state index in [0.717, 1.165) is 28.9 Å². The fourth-order valence-electron chi connectivity index (χ4n) is 1.43. The Hall–Kier alpha value is -1.28. The van der Waals surface area contributed by atoms with Gasteiger partial charge in [0.2, 0.25) is 0 Å². The summed E-state index contributed by atoms with van der Waals surface area (Å²) in [5.41, 5.74) is 3.10. The van der Waals surface area contributed by atoms with Gasteiger partial charge in [0.1, 0.15) is 5.75 Å². The fraction of sp³-hybridized carbons (Fsp3) is 0.429. The van der Waals surface area contributed by atoms with Gasteiger partial charge in [-0.15, -0.1) is 6.58 Å². The predicted octanol–water partition coefficient (Wildman–Crippen LogP) is 3.39. The quantitative estimate of drug-likeness (QED) is 0.771. The molecule has 16 heavy (non-hydrogen) atoms. The molecule has 0 saturated heterocycles. The average Bonchev–Trinajstić information content (AvgIpc) is 2.19. The maximum atomic E-state index is 9.44. The summed E-state index contributed by atoms with van der Waals surface area (Å²) in [5.74, 6) is 0.880. The van der Waals surface area contributed by atoms with Crippen molar-refractivity contribution in [3.8, 4) is 5.75 Å². The second-order valence-electron chi connectivity index (χ2n) is 4.26. The molecule has 0 bridgehead atoms. The largest absolute Gasteiger partial charge is 0.493 e. The average molecular weight is 220 g/mol. The predicted molar refractivity (Wildman–Crippen MR) is 66.7 cm³/mol. The van der Waals surface area contributed by atoms with Gasteiger partial charge in [-0.1, -0.05) is 11.6 Å². The molecule has 0 spiro atoms. The molecule has 0 saturated carbocycles. The molecule has 1 atom stereocenters. The molecular weight excluding hydrogens is 200 g/mol. The highest BCUT2D eigenvalue weighted by Gasteiger charge is 2.04. The van der Waals surface area contributed by atoms with E-state index >= 15 is 0 Å².